The van der Waals surface area contributed by atoms with Crippen molar-refractivity contribution < 1.29 is 23.7 Å². The highest BCUT2D eigenvalue weighted by Crippen LogP contribution is 2.44. The summed E-state index contributed by atoms with van der Waals surface area (Å²) >= 11 is 0. The summed E-state index contributed by atoms with van der Waals surface area (Å²) in [6, 6.07) is 22.2. The van der Waals surface area contributed by atoms with Crippen molar-refractivity contribution in [2.45, 2.75) is 38.7 Å². The number of esters is 1. The van der Waals surface area contributed by atoms with Gasteiger partial charge in [0.1, 0.15) is 41.2 Å². The van der Waals surface area contributed by atoms with Crippen LogP contribution in [0.5, 0.6) is 23.0 Å². The number of benzene rings is 3. The fourth-order valence-electron chi connectivity index (χ4n) is 4.16. The Hall–Kier alpha value is -4.70. The van der Waals surface area contributed by atoms with Crippen LogP contribution < -0.4 is 24.7 Å². The number of hydrogen-bond acceptors (Lipinski definition) is 7. The van der Waals surface area contributed by atoms with E-state index in [0.717, 1.165) is 5.56 Å². The van der Waals surface area contributed by atoms with Crippen LogP contribution in [0.2, 0.25) is 0 Å². The van der Waals surface area contributed by atoms with Crippen LogP contribution in [-0.2, 0) is 4.79 Å². The van der Waals surface area contributed by atoms with E-state index >= 15 is 0 Å². The highest BCUT2D eigenvalue weighted by atomic mass is 16.6. The van der Waals surface area contributed by atoms with Gasteiger partial charge in [-0.3, -0.25) is 0 Å². The number of nitriles is 1. The Morgan fingerprint density at radius 3 is 2.50 bits per heavy atom. The molecular weight excluding hydrogens is 480 g/mol. The van der Waals surface area contributed by atoms with Crippen molar-refractivity contribution in [3.63, 3.8) is 0 Å². The summed E-state index contributed by atoms with van der Waals surface area (Å²) in [6.45, 7) is 9.88. The number of nitrogens with zero attached hydrogens (tertiary/aromatic N) is 1. The standard InChI is InChI=1S/C31H30N2O5/c1-5-15-35-24-8-6-7-22(16-24)29-26-14-13-25(17-28(26)38-30(33)27(29)18-32)37-31(34)20(4)36-23-11-9-21(10-12-23)19(2)3/h5-14,16-17,19-20,29H,1,15,33H2,2-4H3. The summed E-state index contributed by atoms with van der Waals surface area (Å²) in [4.78, 5) is 12.7. The monoisotopic (exact) mass is 510 g/mol. The van der Waals surface area contributed by atoms with Crippen LogP contribution in [0.15, 0.2) is 90.8 Å². The minimum Gasteiger partial charge on any atom is -0.490 e. The molecule has 194 valence electrons. The summed E-state index contributed by atoms with van der Waals surface area (Å²) < 4.78 is 22.8. The molecule has 1 heterocycles. The average molecular weight is 511 g/mol. The van der Waals surface area contributed by atoms with Gasteiger partial charge in [-0.15, -0.1) is 0 Å². The molecule has 3 aromatic rings. The summed E-state index contributed by atoms with van der Waals surface area (Å²) in [5.41, 5.74) is 9.12. The Morgan fingerprint density at radius 1 is 1.08 bits per heavy atom. The average Bonchev–Trinajstić information content (AvgIpc) is 2.91. The lowest BCUT2D eigenvalue weighted by molar-refractivity contribution is -0.141. The predicted molar refractivity (Wildman–Crippen MR) is 144 cm³/mol. The maximum Gasteiger partial charge on any atom is 0.352 e. The Morgan fingerprint density at radius 2 is 1.82 bits per heavy atom. The minimum absolute atomic E-state index is 0.00700. The van der Waals surface area contributed by atoms with Crippen molar-refractivity contribution in [1.82, 2.24) is 0 Å². The van der Waals surface area contributed by atoms with Crippen molar-refractivity contribution in [1.29, 1.82) is 5.26 Å². The van der Waals surface area contributed by atoms with E-state index in [2.05, 4.69) is 26.5 Å². The van der Waals surface area contributed by atoms with Gasteiger partial charge in [0, 0.05) is 11.6 Å². The molecule has 4 rings (SSSR count). The molecule has 0 bridgehead atoms. The molecule has 0 radical (unpaired) electrons. The Balaban J connectivity index is 1.54. The second-order valence-electron chi connectivity index (χ2n) is 9.20. The van der Waals surface area contributed by atoms with Crippen LogP contribution in [0.3, 0.4) is 0 Å². The van der Waals surface area contributed by atoms with Crippen LogP contribution in [0.25, 0.3) is 0 Å². The summed E-state index contributed by atoms with van der Waals surface area (Å²) in [6.07, 6.45) is 0.824. The highest BCUT2D eigenvalue weighted by Gasteiger charge is 2.31. The largest absolute Gasteiger partial charge is 0.490 e. The fraction of sp³-hybridized carbons (Fsp3) is 0.226. The topological polar surface area (TPSA) is 104 Å². The van der Waals surface area contributed by atoms with E-state index in [0.29, 0.717) is 35.3 Å². The fourth-order valence-corrected chi connectivity index (χ4v) is 4.16. The zero-order chi connectivity index (χ0) is 27.2. The number of ether oxygens (including phenoxy) is 4. The van der Waals surface area contributed by atoms with Crippen molar-refractivity contribution in [3.05, 3.63) is 108 Å². The molecular formula is C31H30N2O5. The van der Waals surface area contributed by atoms with E-state index in [4.69, 9.17) is 24.7 Å². The molecule has 0 aliphatic carbocycles. The van der Waals surface area contributed by atoms with Gasteiger partial charge in [0.2, 0.25) is 5.88 Å². The van der Waals surface area contributed by atoms with E-state index < -0.39 is 18.0 Å². The zero-order valence-electron chi connectivity index (χ0n) is 21.6. The molecule has 0 aromatic heterocycles. The maximum atomic E-state index is 12.7. The van der Waals surface area contributed by atoms with Crippen LogP contribution >= 0.6 is 0 Å². The number of fused-ring (bicyclic) bond motifs is 1. The first-order valence-corrected chi connectivity index (χ1v) is 12.3. The van der Waals surface area contributed by atoms with Gasteiger partial charge in [-0.2, -0.15) is 5.26 Å². The van der Waals surface area contributed by atoms with Crippen LogP contribution in [0.1, 0.15) is 49.3 Å². The lowest BCUT2D eigenvalue weighted by atomic mass is 9.83. The number of nitrogens with two attached hydrogens (primary N) is 1. The quantitative estimate of drug-likeness (QED) is 0.215. The third kappa shape index (κ3) is 5.81. The molecule has 0 fully saturated rings. The van der Waals surface area contributed by atoms with E-state index in [1.165, 1.54) is 5.56 Å². The molecule has 7 nitrogen and oxygen atoms in total. The second-order valence-corrected chi connectivity index (χ2v) is 9.20. The summed E-state index contributed by atoms with van der Waals surface area (Å²) in [5.74, 6) is 1.26. The number of carbonyl (C=O) groups is 1. The van der Waals surface area contributed by atoms with Crippen LogP contribution in [0, 0.1) is 11.3 Å². The summed E-state index contributed by atoms with van der Waals surface area (Å²) in [5, 5.41) is 9.83. The molecule has 0 saturated heterocycles. The predicted octanol–water partition coefficient (Wildman–Crippen LogP) is 5.97. The van der Waals surface area contributed by atoms with Crippen LogP contribution in [0.4, 0.5) is 0 Å². The molecule has 3 aromatic carbocycles. The molecule has 0 amide bonds. The first-order chi connectivity index (χ1) is 18.3. The normalized spacial score (nSPS) is 15.1. The Bertz CT molecular complexity index is 1400. The molecule has 2 N–H and O–H groups in total. The first kappa shape index (κ1) is 26.4. The van der Waals surface area contributed by atoms with Gasteiger partial charge in [-0.25, -0.2) is 4.79 Å². The van der Waals surface area contributed by atoms with E-state index in [1.807, 2.05) is 48.5 Å². The lowest BCUT2D eigenvalue weighted by Crippen LogP contribution is -2.28. The van der Waals surface area contributed by atoms with Gasteiger partial charge in [-0.1, -0.05) is 56.8 Å². The van der Waals surface area contributed by atoms with Crippen molar-refractivity contribution in [2.24, 2.45) is 5.73 Å². The molecule has 38 heavy (non-hydrogen) atoms. The van der Waals surface area contributed by atoms with Crippen molar-refractivity contribution in [2.75, 3.05) is 6.61 Å². The molecule has 2 atom stereocenters. The van der Waals surface area contributed by atoms with Gasteiger partial charge in [0.15, 0.2) is 6.10 Å². The Labute approximate surface area is 222 Å². The van der Waals surface area contributed by atoms with Gasteiger partial charge >= 0.3 is 5.97 Å². The molecule has 1 aliphatic rings. The Kier molecular flexibility index (Phi) is 8.03. The van der Waals surface area contributed by atoms with Gasteiger partial charge < -0.3 is 24.7 Å². The summed E-state index contributed by atoms with van der Waals surface area (Å²) in [7, 11) is 0. The maximum absolute atomic E-state index is 12.7. The number of hydrogen-bond donors (Lipinski definition) is 1. The van der Waals surface area contributed by atoms with Gasteiger partial charge in [0.25, 0.3) is 0 Å². The highest BCUT2D eigenvalue weighted by molar-refractivity contribution is 5.77. The van der Waals surface area contributed by atoms with Crippen molar-refractivity contribution in [3.8, 4) is 29.1 Å². The number of allylic oxidation sites excluding steroid dienone is 1. The smallest absolute Gasteiger partial charge is 0.352 e. The first-order valence-electron chi connectivity index (χ1n) is 12.3. The van der Waals surface area contributed by atoms with Gasteiger partial charge in [-0.05, 0) is 54.3 Å². The zero-order valence-corrected chi connectivity index (χ0v) is 21.6. The van der Waals surface area contributed by atoms with E-state index in [9.17, 15) is 10.1 Å². The van der Waals surface area contributed by atoms with Gasteiger partial charge in [0.05, 0.1) is 5.92 Å². The van der Waals surface area contributed by atoms with E-state index in [-0.39, 0.29) is 17.2 Å². The van der Waals surface area contributed by atoms with Crippen molar-refractivity contribution >= 4 is 5.97 Å². The molecule has 1 aliphatic heterocycles. The molecule has 7 heteroatoms. The van der Waals surface area contributed by atoms with Crippen LogP contribution in [-0.4, -0.2) is 18.7 Å². The van der Waals surface area contributed by atoms with E-state index in [1.54, 1.807) is 31.2 Å². The molecule has 2 unspecified atom stereocenters. The molecule has 0 saturated carbocycles. The molecule has 0 spiro atoms. The number of carbonyl (C=O) groups excluding carboxylic acids is 1. The third-order valence-electron chi connectivity index (χ3n) is 6.16. The third-order valence-corrected chi connectivity index (χ3v) is 6.16. The second kappa shape index (κ2) is 11.6. The lowest BCUT2D eigenvalue weighted by Gasteiger charge is -2.27. The minimum atomic E-state index is -0.835. The number of rotatable bonds is 9. The SMILES string of the molecule is C=CCOc1cccc(C2C(C#N)=C(N)Oc3cc(OC(=O)C(C)Oc4ccc(C(C)C)cc4)ccc32)c1.